The molecule has 2 N–H and O–H groups in total. The Labute approximate surface area is 285 Å². The lowest BCUT2D eigenvalue weighted by Crippen LogP contribution is -2.44. The third kappa shape index (κ3) is 8.78. The number of nitriles is 1. The summed E-state index contributed by atoms with van der Waals surface area (Å²) in [7, 11) is 0. The minimum atomic E-state index is -0.367. The van der Waals surface area contributed by atoms with Crippen molar-refractivity contribution in [1.82, 2.24) is 20.1 Å². The minimum Gasteiger partial charge on any atom is -0.472 e. The number of pyridine rings is 1. The van der Waals surface area contributed by atoms with Crippen molar-refractivity contribution < 1.29 is 23.5 Å². The highest BCUT2D eigenvalue weighted by Crippen LogP contribution is 2.26. The van der Waals surface area contributed by atoms with Crippen LogP contribution in [0.3, 0.4) is 0 Å². The van der Waals surface area contributed by atoms with E-state index in [9.17, 15) is 24.0 Å². The molecule has 0 bridgehead atoms. The summed E-state index contributed by atoms with van der Waals surface area (Å²) in [6.45, 7) is 3.74. The standard InChI is InChI=1S/C38H39FN6O4/c1-2-30(44(25-46)20-7-8-21-45-26-49-35-15-6-5-14-32(35)38(45)48)24-42-37(47)33-16-17-34(31-13-4-3-11-28(31)23-40)43-36(33)41-19-18-27-10-9-12-29(39)22-27/h3-6,9-17,22,25,30H,2,7-8,18-21,24,26H2,1H3,(H,41,43)(H,42,47)/t30-/m1/s1. The van der Waals surface area contributed by atoms with Gasteiger partial charge in [0, 0.05) is 37.8 Å². The van der Waals surface area contributed by atoms with Crippen LogP contribution < -0.4 is 15.4 Å². The molecule has 0 saturated heterocycles. The molecule has 0 aliphatic carbocycles. The highest BCUT2D eigenvalue weighted by Gasteiger charge is 2.25. The van der Waals surface area contributed by atoms with Crippen LogP contribution in [0.2, 0.25) is 0 Å². The second kappa shape index (κ2) is 16.9. The summed E-state index contributed by atoms with van der Waals surface area (Å²) < 4.78 is 19.4. The summed E-state index contributed by atoms with van der Waals surface area (Å²) in [5.41, 5.74) is 3.28. The zero-order valence-corrected chi connectivity index (χ0v) is 27.4. The number of fused-ring (bicyclic) bond motifs is 1. The van der Waals surface area contributed by atoms with Gasteiger partial charge in [0.1, 0.15) is 17.4 Å². The fourth-order valence-corrected chi connectivity index (χ4v) is 5.78. The molecular formula is C38H39FN6O4. The molecule has 252 valence electrons. The van der Waals surface area contributed by atoms with Gasteiger partial charge in [-0.2, -0.15) is 5.26 Å². The number of amides is 3. The van der Waals surface area contributed by atoms with E-state index in [1.54, 1.807) is 58.3 Å². The van der Waals surface area contributed by atoms with Crippen molar-refractivity contribution in [2.24, 2.45) is 0 Å². The van der Waals surface area contributed by atoms with E-state index >= 15 is 0 Å². The Morgan fingerprint density at radius 1 is 1.08 bits per heavy atom. The molecule has 0 fully saturated rings. The Morgan fingerprint density at radius 3 is 2.65 bits per heavy atom. The Balaban J connectivity index is 1.20. The number of ether oxygens (including phenoxy) is 1. The largest absolute Gasteiger partial charge is 0.472 e. The molecule has 1 aliphatic heterocycles. The number of para-hydroxylation sites is 1. The fourth-order valence-electron chi connectivity index (χ4n) is 5.78. The molecule has 0 spiro atoms. The van der Waals surface area contributed by atoms with Gasteiger partial charge in [-0.3, -0.25) is 14.4 Å². The first-order chi connectivity index (χ1) is 23.9. The molecule has 0 radical (unpaired) electrons. The maximum atomic E-state index is 13.7. The first kappa shape index (κ1) is 34.6. The van der Waals surface area contributed by atoms with E-state index in [2.05, 4.69) is 16.7 Å². The molecule has 5 rings (SSSR count). The second-order valence-electron chi connectivity index (χ2n) is 11.7. The summed E-state index contributed by atoms with van der Waals surface area (Å²) in [5, 5.41) is 15.8. The minimum absolute atomic E-state index is 0.0668. The molecule has 11 heteroatoms. The number of aromatic nitrogens is 1. The predicted molar refractivity (Wildman–Crippen MR) is 184 cm³/mol. The molecule has 0 saturated carbocycles. The van der Waals surface area contributed by atoms with Crippen molar-refractivity contribution in [3.05, 3.63) is 113 Å². The van der Waals surface area contributed by atoms with Crippen molar-refractivity contribution in [1.29, 1.82) is 5.26 Å². The van der Waals surface area contributed by atoms with Gasteiger partial charge in [0.15, 0.2) is 6.73 Å². The molecule has 10 nitrogen and oxygen atoms in total. The van der Waals surface area contributed by atoms with Crippen LogP contribution in [-0.2, 0) is 11.2 Å². The Morgan fingerprint density at radius 2 is 1.88 bits per heavy atom. The van der Waals surface area contributed by atoms with Crippen molar-refractivity contribution >= 4 is 24.0 Å². The molecule has 1 aromatic heterocycles. The van der Waals surface area contributed by atoms with Crippen LogP contribution >= 0.6 is 0 Å². The average molecular weight is 663 g/mol. The Kier molecular flexibility index (Phi) is 11.9. The van der Waals surface area contributed by atoms with Crippen molar-refractivity contribution in [3.63, 3.8) is 0 Å². The van der Waals surface area contributed by atoms with Crippen molar-refractivity contribution in [2.75, 3.05) is 38.2 Å². The lowest BCUT2D eigenvalue weighted by Gasteiger charge is -2.30. The van der Waals surface area contributed by atoms with E-state index < -0.39 is 0 Å². The van der Waals surface area contributed by atoms with E-state index in [4.69, 9.17) is 9.72 Å². The Hall–Kier alpha value is -5.76. The third-order valence-corrected chi connectivity index (χ3v) is 8.51. The van der Waals surface area contributed by atoms with Gasteiger partial charge in [-0.25, -0.2) is 9.37 Å². The van der Waals surface area contributed by atoms with E-state index in [1.165, 1.54) is 12.1 Å². The number of carbonyl (C=O) groups is 3. The van der Waals surface area contributed by atoms with Gasteiger partial charge in [-0.05, 0) is 73.7 Å². The average Bonchev–Trinajstić information content (AvgIpc) is 3.13. The summed E-state index contributed by atoms with van der Waals surface area (Å²) in [5.74, 6) is 0.167. The van der Waals surface area contributed by atoms with Crippen LogP contribution in [0.5, 0.6) is 5.75 Å². The van der Waals surface area contributed by atoms with Crippen LogP contribution in [0.4, 0.5) is 10.2 Å². The first-order valence-electron chi connectivity index (χ1n) is 16.4. The molecule has 1 atom stereocenters. The van der Waals surface area contributed by atoms with Gasteiger partial charge < -0.3 is 25.2 Å². The smallest absolute Gasteiger partial charge is 0.260 e. The molecule has 1 aliphatic rings. The summed E-state index contributed by atoms with van der Waals surface area (Å²) in [6, 6.07) is 25.9. The second-order valence-corrected chi connectivity index (χ2v) is 11.7. The monoisotopic (exact) mass is 662 g/mol. The molecule has 49 heavy (non-hydrogen) atoms. The fraction of sp³-hybridized carbons (Fsp3) is 0.289. The van der Waals surface area contributed by atoms with Gasteiger partial charge in [0.05, 0.1) is 28.5 Å². The Bertz CT molecular complexity index is 1830. The zero-order valence-electron chi connectivity index (χ0n) is 27.4. The molecule has 4 aromatic rings. The van der Waals surface area contributed by atoms with Gasteiger partial charge in [-0.1, -0.05) is 49.4 Å². The van der Waals surface area contributed by atoms with Gasteiger partial charge in [-0.15, -0.1) is 0 Å². The molecule has 0 unspecified atom stereocenters. The lowest BCUT2D eigenvalue weighted by molar-refractivity contribution is -0.120. The first-order valence-corrected chi connectivity index (χ1v) is 16.4. The molecular weight excluding hydrogens is 623 g/mol. The highest BCUT2D eigenvalue weighted by atomic mass is 19.1. The molecule has 3 aromatic carbocycles. The number of hydrogen-bond acceptors (Lipinski definition) is 7. The van der Waals surface area contributed by atoms with Crippen LogP contribution in [0.25, 0.3) is 11.3 Å². The van der Waals surface area contributed by atoms with Crippen molar-refractivity contribution in [2.45, 2.75) is 38.6 Å². The predicted octanol–water partition coefficient (Wildman–Crippen LogP) is 5.65. The van der Waals surface area contributed by atoms with Crippen LogP contribution in [0.15, 0.2) is 84.9 Å². The topological polar surface area (TPSA) is 128 Å². The zero-order chi connectivity index (χ0) is 34.6. The number of anilines is 1. The lowest BCUT2D eigenvalue weighted by atomic mass is 10.0. The van der Waals surface area contributed by atoms with E-state index in [0.29, 0.717) is 84.8 Å². The summed E-state index contributed by atoms with van der Waals surface area (Å²) >= 11 is 0. The number of benzene rings is 3. The number of halogens is 1. The number of nitrogens with one attached hydrogen (secondary N) is 2. The third-order valence-electron chi connectivity index (χ3n) is 8.51. The van der Waals surface area contributed by atoms with Gasteiger partial charge in [0.2, 0.25) is 6.41 Å². The summed E-state index contributed by atoms with van der Waals surface area (Å²) in [4.78, 5) is 46.5. The number of rotatable bonds is 16. The normalized spacial score (nSPS) is 12.7. The number of carbonyl (C=O) groups excluding carboxylic acids is 3. The van der Waals surface area contributed by atoms with Crippen LogP contribution in [0, 0.1) is 17.1 Å². The molecule has 2 heterocycles. The van der Waals surface area contributed by atoms with Crippen molar-refractivity contribution in [3.8, 4) is 23.1 Å². The van der Waals surface area contributed by atoms with Crippen LogP contribution in [-0.4, -0.2) is 72.0 Å². The summed E-state index contributed by atoms with van der Waals surface area (Å²) in [6.07, 6.45) is 3.27. The quantitative estimate of drug-likeness (QED) is 0.117. The number of unbranched alkanes of at least 4 members (excludes halogenated alkanes) is 1. The van der Waals surface area contributed by atoms with E-state index in [1.807, 2.05) is 31.2 Å². The van der Waals surface area contributed by atoms with Gasteiger partial charge in [0.25, 0.3) is 11.8 Å². The van der Waals surface area contributed by atoms with E-state index in [-0.39, 0.29) is 36.9 Å². The maximum Gasteiger partial charge on any atom is 0.260 e. The van der Waals surface area contributed by atoms with E-state index in [0.717, 1.165) is 12.0 Å². The highest BCUT2D eigenvalue weighted by molar-refractivity contribution is 5.99. The van der Waals surface area contributed by atoms with Gasteiger partial charge >= 0.3 is 0 Å². The maximum absolute atomic E-state index is 13.7. The van der Waals surface area contributed by atoms with Crippen LogP contribution in [0.1, 0.15) is 58.0 Å². The number of hydrogen-bond donors (Lipinski definition) is 2. The number of nitrogens with zero attached hydrogens (tertiary/aromatic N) is 4. The SMILES string of the molecule is CC[C@H](CNC(=O)c1ccc(-c2ccccc2C#N)nc1NCCc1cccc(F)c1)N(C=O)CCCCN1COc2ccccc2C1=O. The molecule has 3 amide bonds.